The number of methoxy groups -OCH3 is 2. The number of carbonyl (C=O) groups is 1. The first-order valence-electron chi connectivity index (χ1n) is 11.1. The molecule has 3 rings (SSSR count). The van der Waals surface area contributed by atoms with Gasteiger partial charge in [-0.1, -0.05) is 37.8 Å². The SMILES string of the molecule is CCCCCCOc1c(OC)c(OC)c(OC(C)=O)c2cc(S(=O)c3ccc(Cl)cc3)ccc12. The number of benzene rings is 3. The number of ether oxygens (including phenoxy) is 4. The van der Waals surface area contributed by atoms with E-state index in [1.54, 1.807) is 42.5 Å². The summed E-state index contributed by atoms with van der Waals surface area (Å²) in [6, 6.07) is 12.1. The lowest BCUT2D eigenvalue weighted by atomic mass is 10.1. The lowest BCUT2D eigenvalue weighted by Crippen LogP contribution is -2.07. The van der Waals surface area contributed by atoms with Crippen LogP contribution in [0.2, 0.25) is 5.02 Å². The number of hydrogen-bond acceptors (Lipinski definition) is 6. The Hall–Kier alpha value is -2.77. The zero-order valence-corrected chi connectivity index (χ0v) is 21.4. The van der Waals surface area contributed by atoms with E-state index in [1.807, 2.05) is 0 Å². The fourth-order valence-corrected chi connectivity index (χ4v) is 4.83. The number of carbonyl (C=O) groups excluding carboxylic acids is 1. The molecular weight excluding hydrogens is 476 g/mol. The molecule has 8 heteroatoms. The Morgan fingerprint density at radius 1 is 0.853 bits per heavy atom. The van der Waals surface area contributed by atoms with Crippen LogP contribution in [-0.2, 0) is 15.6 Å². The standard InChI is InChI=1S/C26H29ClO6S/c1-5-6-7-8-15-32-23-21-14-13-20(34(29)19-11-9-18(27)10-12-19)16-22(21)24(33-17(2)28)26(31-4)25(23)30-3/h9-14,16H,5-8,15H2,1-4H3. The fourth-order valence-electron chi connectivity index (χ4n) is 3.63. The van der Waals surface area contributed by atoms with Crippen LogP contribution in [0, 0.1) is 0 Å². The van der Waals surface area contributed by atoms with E-state index in [9.17, 15) is 9.00 Å². The van der Waals surface area contributed by atoms with Crippen molar-refractivity contribution in [2.75, 3.05) is 20.8 Å². The lowest BCUT2D eigenvalue weighted by Gasteiger charge is -2.20. The van der Waals surface area contributed by atoms with Crippen molar-refractivity contribution in [1.82, 2.24) is 0 Å². The van der Waals surface area contributed by atoms with Gasteiger partial charge in [0.05, 0.1) is 31.6 Å². The maximum Gasteiger partial charge on any atom is 0.308 e. The monoisotopic (exact) mass is 504 g/mol. The van der Waals surface area contributed by atoms with E-state index in [0.717, 1.165) is 25.7 Å². The number of rotatable bonds is 11. The number of fused-ring (bicyclic) bond motifs is 1. The molecule has 0 fully saturated rings. The summed E-state index contributed by atoms with van der Waals surface area (Å²) in [7, 11) is 1.50. The normalized spacial score (nSPS) is 11.8. The summed E-state index contributed by atoms with van der Waals surface area (Å²) in [5.74, 6) is 0.747. The average Bonchev–Trinajstić information content (AvgIpc) is 2.83. The van der Waals surface area contributed by atoms with Crippen molar-refractivity contribution in [3.63, 3.8) is 0 Å². The Bertz CT molecular complexity index is 1180. The summed E-state index contributed by atoms with van der Waals surface area (Å²) in [4.78, 5) is 13.1. The second-order valence-corrected chi connectivity index (χ2v) is 9.57. The first kappa shape index (κ1) is 25.8. The molecule has 0 saturated heterocycles. The van der Waals surface area contributed by atoms with Gasteiger partial charge < -0.3 is 18.9 Å². The molecule has 0 aromatic heterocycles. The van der Waals surface area contributed by atoms with Crippen molar-refractivity contribution in [2.45, 2.75) is 49.3 Å². The Kier molecular flexibility index (Phi) is 9.19. The highest BCUT2D eigenvalue weighted by Gasteiger charge is 2.25. The molecule has 0 radical (unpaired) electrons. The summed E-state index contributed by atoms with van der Waals surface area (Å²) >= 11 is 5.97. The van der Waals surface area contributed by atoms with Crippen LogP contribution < -0.4 is 18.9 Å². The molecule has 0 aliphatic carbocycles. The highest BCUT2D eigenvalue weighted by atomic mass is 35.5. The van der Waals surface area contributed by atoms with Crippen LogP contribution >= 0.6 is 11.6 Å². The summed E-state index contributed by atoms with van der Waals surface area (Å²) in [6.07, 6.45) is 4.22. The van der Waals surface area contributed by atoms with Crippen molar-refractivity contribution in [3.05, 3.63) is 47.5 Å². The number of unbranched alkanes of at least 4 members (excludes halogenated alkanes) is 3. The van der Waals surface area contributed by atoms with Gasteiger partial charge in [-0.25, -0.2) is 4.21 Å². The summed E-state index contributed by atoms with van der Waals surface area (Å²) in [5, 5.41) is 1.77. The lowest BCUT2D eigenvalue weighted by molar-refractivity contribution is -0.131. The van der Waals surface area contributed by atoms with Crippen molar-refractivity contribution in [1.29, 1.82) is 0 Å². The zero-order chi connectivity index (χ0) is 24.7. The smallest absolute Gasteiger partial charge is 0.308 e. The third kappa shape index (κ3) is 5.83. The van der Waals surface area contributed by atoms with Gasteiger partial charge in [-0.05, 0) is 48.9 Å². The molecule has 0 aliphatic heterocycles. The second kappa shape index (κ2) is 12.1. The molecule has 3 aromatic carbocycles. The highest BCUT2D eigenvalue weighted by molar-refractivity contribution is 7.85. The molecule has 182 valence electrons. The first-order chi connectivity index (χ1) is 16.4. The van der Waals surface area contributed by atoms with Crippen LogP contribution in [0.5, 0.6) is 23.0 Å². The molecule has 0 heterocycles. The van der Waals surface area contributed by atoms with E-state index >= 15 is 0 Å². The maximum absolute atomic E-state index is 13.2. The Balaban J connectivity index is 2.16. The van der Waals surface area contributed by atoms with Crippen LogP contribution in [0.25, 0.3) is 10.8 Å². The highest BCUT2D eigenvalue weighted by Crippen LogP contribution is 2.51. The van der Waals surface area contributed by atoms with Gasteiger partial charge in [0.25, 0.3) is 0 Å². The molecule has 3 aromatic rings. The molecule has 0 saturated carbocycles. The maximum atomic E-state index is 13.2. The average molecular weight is 505 g/mol. The van der Waals surface area contributed by atoms with Gasteiger partial charge in [0.1, 0.15) is 0 Å². The third-order valence-electron chi connectivity index (χ3n) is 5.24. The summed E-state index contributed by atoms with van der Waals surface area (Å²) in [5.41, 5.74) is 0. The van der Waals surface area contributed by atoms with Crippen molar-refractivity contribution in [3.8, 4) is 23.0 Å². The Labute approximate surface area is 207 Å². The van der Waals surface area contributed by atoms with Gasteiger partial charge in [0.2, 0.25) is 11.5 Å². The molecule has 0 spiro atoms. The van der Waals surface area contributed by atoms with Crippen LogP contribution in [0.15, 0.2) is 52.3 Å². The fraction of sp³-hybridized carbons (Fsp3) is 0.346. The molecule has 0 bridgehead atoms. The van der Waals surface area contributed by atoms with Gasteiger partial charge in [0, 0.05) is 32.5 Å². The van der Waals surface area contributed by atoms with Crippen molar-refractivity contribution in [2.24, 2.45) is 0 Å². The minimum Gasteiger partial charge on any atom is -0.490 e. The molecule has 6 nitrogen and oxygen atoms in total. The molecule has 0 amide bonds. The van der Waals surface area contributed by atoms with Crippen LogP contribution in [0.4, 0.5) is 0 Å². The minimum absolute atomic E-state index is 0.190. The largest absolute Gasteiger partial charge is 0.490 e. The van der Waals surface area contributed by atoms with Crippen LogP contribution in [-0.4, -0.2) is 31.0 Å². The van der Waals surface area contributed by atoms with Crippen LogP contribution in [0.3, 0.4) is 0 Å². The van der Waals surface area contributed by atoms with E-state index < -0.39 is 16.8 Å². The van der Waals surface area contributed by atoms with E-state index in [-0.39, 0.29) is 11.5 Å². The van der Waals surface area contributed by atoms with Gasteiger partial charge >= 0.3 is 5.97 Å². The zero-order valence-electron chi connectivity index (χ0n) is 19.8. The third-order valence-corrected chi connectivity index (χ3v) is 6.87. The Morgan fingerprint density at radius 3 is 2.12 bits per heavy atom. The predicted molar refractivity (Wildman–Crippen MR) is 134 cm³/mol. The Morgan fingerprint density at radius 2 is 1.50 bits per heavy atom. The van der Waals surface area contributed by atoms with E-state index in [0.29, 0.717) is 43.7 Å². The minimum atomic E-state index is -1.48. The second-order valence-electron chi connectivity index (χ2n) is 7.66. The van der Waals surface area contributed by atoms with Gasteiger partial charge in [-0.15, -0.1) is 0 Å². The van der Waals surface area contributed by atoms with Gasteiger partial charge in [-0.2, -0.15) is 0 Å². The van der Waals surface area contributed by atoms with E-state index in [1.165, 1.54) is 21.1 Å². The molecule has 1 unspecified atom stereocenters. The van der Waals surface area contributed by atoms with Crippen LogP contribution in [0.1, 0.15) is 39.5 Å². The van der Waals surface area contributed by atoms with Crippen molar-refractivity contribution < 1.29 is 28.0 Å². The van der Waals surface area contributed by atoms with Gasteiger partial charge in [-0.3, -0.25) is 4.79 Å². The van der Waals surface area contributed by atoms with E-state index in [4.69, 9.17) is 30.5 Å². The summed E-state index contributed by atoms with van der Waals surface area (Å²) < 4.78 is 36.1. The summed E-state index contributed by atoms with van der Waals surface area (Å²) in [6.45, 7) is 3.97. The predicted octanol–water partition coefficient (Wildman–Crippen LogP) is 6.56. The number of esters is 1. The molecular formula is C26H29ClO6S. The number of hydrogen-bond donors (Lipinski definition) is 0. The quantitative estimate of drug-likeness (QED) is 0.167. The first-order valence-corrected chi connectivity index (χ1v) is 12.6. The molecule has 0 N–H and O–H groups in total. The number of halogens is 1. The van der Waals surface area contributed by atoms with Gasteiger partial charge in [0.15, 0.2) is 11.5 Å². The van der Waals surface area contributed by atoms with E-state index in [2.05, 4.69) is 6.92 Å². The molecule has 34 heavy (non-hydrogen) atoms. The molecule has 0 aliphatic rings. The topological polar surface area (TPSA) is 71.1 Å². The van der Waals surface area contributed by atoms with Crippen molar-refractivity contribution >= 4 is 39.1 Å². The molecule has 1 atom stereocenters.